The molecule has 0 heterocycles. The van der Waals surface area contributed by atoms with E-state index in [1.165, 1.54) is 24.2 Å². The highest BCUT2D eigenvalue weighted by Gasteiger charge is 2.27. The van der Waals surface area contributed by atoms with Crippen molar-refractivity contribution >= 4 is 11.9 Å². The van der Waals surface area contributed by atoms with Crippen LogP contribution in [0.2, 0.25) is 0 Å². The van der Waals surface area contributed by atoms with Crippen LogP contribution in [0.25, 0.3) is 0 Å². The van der Waals surface area contributed by atoms with E-state index in [0.29, 0.717) is 18.8 Å². The molecule has 4 nitrogen and oxygen atoms in total. The molecule has 1 atom stereocenters. The predicted molar refractivity (Wildman–Crippen MR) is 80.9 cm³/mol. The second-order valence-corrected chi connectivity index (χ2v) is 5.88. The maximum absolute atomic E-state index is 12.2. The van der Waals surface area contributed by atoms with E-state index in [4.69, 9.17) is 0 Å². The zero-order valence-corrected chi connectivity index (χ0v) is 12.5. The SMILES string of the molecule is CN(C(=O)CCC1CCC1)C(Cc1ccccc1)C(=O)O. The molecule has 21 heavy (non-hydrogen) atoms. The molecule has 0 saturated heterocycles. The molecule has 114 valence electrons. The first-order chi connectivity index (χ1) is 10.1. The van der Waals surface area contributed by atoms with Crippen molar-refractivity contribution in [2.24, 2.45) is 5.92 Å². The van der Waals surface area contributed by atoms with Gasteiger partial charge in [-0.25, -0.2) is 4.79 Å². The number of likely N-dealkylation sites (N-methyl/N-ethyl adjacent to an activating group) is 1. The number of carbonyl (C=O) groups excluding carboxylic acids is 1. The topological polar surface area (TPSA) is 57.6 Å². The Morgan fingerprint density at radius 3 is 2.48 bits per heavy atom. The molecule has 0 radical (unpaired) electrons. The molecule has 0 aromatic heterocycles. The molecule has 0 bridgehead atoms. The van der Waals surface area contributed by atoms with Crippen LogP contribution in [0.1, 0.15) is 37.7 Å². The van der Waals surface area contributed by atoms with Crippen LogP contribution in [0.4, 0.5) is 0 Å². The number of nitrogens with zero attached hydrogens (tertiary/aromatic N) is 1. The molecular formula is C17H23NO3. The molecule has 1 aliphatic carbocycles. The first-order valence-electron chi connectivity index (χ1n) is 7.60. The molecule has 0 aliphatic heterocycles. The van der Waals surface area contributed by atoms with Gasteiger partial charge in [-0.05, 0) is 17.9 Å². The van der Waals surface area contributed by atoms with Crippen molar-refractivity contribution in [1.29, 1.82) is 0 Å². The Bertz CT molecular complexity index is 482. The van der Waals surface area contributed by atoms with Gasteiger partial charge in [0.05, 0.1) is 0 Å². The summed E-state index contributed by atoms with van der Waals surface area (Å²) in [6.07, 6.45) is 5.38. The largest absolute Gasteiger partial charge is 0.480 e. The summed E-state index contributed by atoms with van der Waals surface area (Å²) in [5.74, 6) is -0.344. The summed E-state index contributed by atoms with van der Waals surface area (Å²) in [6.45, 7) is 0. The molecule has 1 aromatic carbocycles. The highest BCUT2D eigenvalue weighted by Crippen LogP contribution is 2.30. The number of carboxylic acid groups (broad SMARTS) is 1. The van der Waals surface area contributed by atoms with Crippen LogP contribution in [0.15, 0.2) is 30.3 Å². The van der Waals surface area contributed by atoms with Crippen molar-refractivity contribution in [1.82, 2.24) is 4.90 Å². The van der Waals surface area contributed by atoms with Crippen LogP contribution in [0.3, 0.4) is 0 Å². The van der Waals surface area contributed by atoms with Crippen LogP contribution in [-0.2, 0) is 16.0 Å². The van der Waals surface area contributed by atoms with Crippen molar-refractivity contribution in [3.8, 4) is 0 Å². The van der Waals surface area contributed by atoms with E-state index in [0.717, 1.165) is 12.0 Å². The molecule has 1 saturated carbocycles. The number of aliphatic carboxylic acids is 1. The standard InChI is InChI=1S/C17H23NO3/c1-18(16(19)11-10-13-8-5-9-13)15(17(20)21)12-14-6-3-2-4-7-14/h2-4,6-7,13,15H,5,8-12H2,1H3,(H,20,21). The van der Waals surface area contributed by atoms with Gasteiger partial charge in [0.1, 0.15) is 6.04 Å². The lowest BCUT2D eigenvalue weighted by molar-refractivity contribution is -0.149. The number of benzene rings is 1. The Hall–Kier alpha value is -1.84. The molecular weight excluding hydrogens is 266 g/mol. The lowest BCUT2D eigenvalue weighted by Gasteiger charge is -2.28. The summed E-state index contributed by atoms with van der Waals surface area (Å²) >= 11 is 0. The highest BCUT2D eigenvalue weighted by molar-refractivity contribution is 5.83. The van der Waals surface area contributed by atoms with Crippen molar-refractivity contribution in [3.05, 3.63) is 35.9 Å². The van der Waals surface area contributed by atoms with E-state index in [2.05, 4.69) is 0 Å². The summed E-state index contributed by atoms with van der Waals surface area (Å²) < 4.78 is 0. The fourth-order valence-electron chi connectivity index (χ4n) is 2.69. The molecule has 1 aliphatic rings. The first kappa shape index (κ1) is 15.5. The monoisotopic (exact) mass is 289 g/mol. The third-order valence-corrected chi connectivity index (χ3v) is 4.41. The van der Waals surface area contributed by atoms with Gasteiger partial charge in [-0.15, -0.1) is 0 Å². The van der Waals surface area contributed by atoms with Crippen LogP contribution in [-0.4, -0.2) is 35.0 Å². The van der Waals surface area contributed by atoms with Gasteiger partial charge in [-0.1, -0.05) is 49.6 Å². The summed E-state index contributed by atoms with van der Waals surface area (Å²) in [5.41, 5.74) is 0.934. The first-order valence-corrected chi connectivity index (χ1v) is 7.60. The minimum Gasteiger partial charge on any atom is -0.480 e. The van der Waals surface area contributed by atoms with Crippen molar-refractivity contribution in [2.75, 3.05) is 7.05 Å². The number of hydrogen-bond donors (Lipinski definition) is 1. The van der Waals surface area contributed by atoms with Gasteiger partial charge >= 0.3 is 5.97 Å². The minimum absolute atomic E-state index is 0.0646. The third-order valence-electron chi connectivity index (χ3n) is 4.41. The zero-order valence-electron chi connectivity index (χ0n) is 12.5. The molecule has 1 N–H and O–H groups in total. The number of rotatable bonds is 7. The predicted octanol–water partition coefficient (Wildman–Crippen LogP) is 2.72. The van der Waals surface area contributed by atoms with Crippen molar-refractivity contribution in [3.63, 3.8) is 0 Å². The molecule has 1 amide bonds. The zero-order chi connectivity index (χ0) is 15.2. The van der Waals surface area contributed by atoms with Gasteiger partial charge in [-0.3, -0.25) is 4.79 Å². The van der Waals surface area contributed by atoms with E-state index in [1.807, 2.05) is 30.3 Å². The smallest absolute Gasteiger partial charge is 0.326 e. The van der Waals surface area contributed by atoms with E-state index >= 15 is 0 Å². The summed E-state index contributed by atoms with van der Waals surface area (Å²) in [6, 6.07) is 8.65. The summed E-state index contributed by atoms with van der Waals surface area (Å²) in [5, 5.41) is 9.39. The Morgan fingerprint density at radius 2 is 1.95 bits per heavy atom. The van der Waals surface area contributed by atoms with E-state index in [-0.39, 0.29) is 5.91 Å². The molecule has 1 aromatic rings. The number of hydrogen-bond acceptors (Lipinski definition) is 2. The van der Waals surface area contributed by atoms with Gasteiger partial charge < -0.3 is 10.0 Å². The van der Waals surface area contributed by atoms with Gasteiger partial charge in [0.15, 0.2) is 0 Å². The van der Waals surface area contributed by atoms with Crippen LogP contribution in [0, 0.1) is 5.92 Å². The highest BCUT2D eigenvalue weighted by atomic mass is 16.4. The molecule has 0 spiro atoms. The fraction of sp³-hybridized carbons (Fsp3) is 0.529. The van der Waals surface area contributed by atoms with Crippen molar-refractivity contribution < 1.29 is 14.7 Å². The van der Waals surface area contributed by atoms with Gasteiger partial charge in [0.2, 0.25) is 5.91 Å². The van der Waals surface area contributed by atoms with Crippen molar-refractivity contribution in [2.45, 2.75) is 44.6 Å². The van der Waals surface area contributed by atoms with E-state index < -0.39 is 12.0 Å². The molecule has 2 rings (SSSR count). The van der Waals surface area contributed by atoms with E-state index in [1.54, 1.807) is 7.05 Å². The molecule has 1 fully saturated rings. The maximum Gasteiger partial charge on any atom is 0.326 e. The second kappa shape index (κ2) is 7.25. The number of carboxylic acids is 1. The Labute approximate surface area is 125 Å². The summed E-state index contributed by atoms with van der Waals surface area (Å²) in [4.78, 5) is 25.0. The van der Waals surface area contributed by atoms with Crippen LogP contribution >= 0.6 is 0 Å². The maximum atomic E-state index is 12.2. The van der Waals surface area contributed by atoms with E-state index in [9.17, 15) is 14.7 Å². The van der Waals surface area contributed by atoms with Crippen LogP contribution < -0.4 is 0 Å². The second-order valence-electron chi connectivity index (χ2n) is 5.88. The average molecular weight is 289 g/mol. The van der Waals surface area contributed by atoms with Gasteiger partial charge in [-0.2, -0.15) is 0 Å². The third kappa shape index (κ3) is 4.31. The quantitative estimate of drug-likeness (QED) is 0.839. The fourth-order valence-corrected chi connectivity index (χ4v) is 2.69. The summed E-state index contributed by atoms with van der Waals surface area (Å²) in [7, 11) is 1.60. The van der Waals surface area contributed by atoms with Crippen LogP contribution in [0.5, 0.6) is 0 Å². The Kier molecular flexibility index (Phi) is 5.37. The number of carbonyl (C=O) groups is 2. The number of amides is 1. The molecule has 4 heteroatoms. The average Bonchev–Trinajstić information content (AvgIpc) is 2.43. The Balaban J connectivity index is 1.92. The lowest BCUT2D eigenvalue weighted by atomic mass is 9.82. The Morgan fingerprint density at radius 1 is 1.29 bits per heavy atom. The minimum atomic E-state index is -0.946. The van der Waals surface area contributed by atoms with Gasteiger partial charge in [0, 0.05) is 19.9 Å². The lowest BCUT2D eigenvalue weighted by Crippen LogP contribution is -2.44. The normalized spacial score (nSPS) is 16.0. The molecule has 1 unspecified atom stereocenters. The van der Waals surface area contributed by atoms with Gasteiger partial charge in [0.25, 0.3) is 0 Å².